The third kappa shape index (κ3) is 4.94. The van der Waals surface area contributed by atoms with Gasteiger partial charge in [-0.3, -0.25) is 9.32 Å². The monoisotopic (exact) mass is 521 g/mol. The minimum atomic E-state index is -4.18. The van der Waals surface area contributed by atoms with Gasteiger partial charge in [-0.05, 0) is 38.1 Å². The van der Waals surface area contributed by atoms with Crippen molar-refractivity contribution in [3.05, 3.63) is 54.5 Å². The lowest BCUT2D eigenvalue weighted by atomic mass is 9.93. The number of aromatic nitrogens is 3. The zero-order valence-corrected chi connectivity index (χ0v) is 20.7. The lowest BCUT2D eigenvalue weighted by Crippen LogP contribution is -2.40. The van der Waals surface area contributed by atoms with Crippen LogP contribution in [0.2, 0.25) is 0 Å². The zero-order valence-electron chi connectivity index (χ0n) is 19.8. The number of aliphatic hydroxyl groups excluding tert-OH is 2. The van der Waals surface area contributed by atoms with E-state index in [0.29, 0.717) is 11.2 Å². The number of ether oxygens (including phenoxy) is 2. The molecule has 36 heavy (non-hydrogen) atoms. The first-order chi connectivity index (χ1) is 17.1. The van der Waals surface area contributed by atoms with Gasteiger partial charge < -0.3 is 29.9 Å². The van der Waals surface area contributed by atoms with E-state index in [1.807, 2.05) is 0 Å². The van der Waals surface area contributed by atoms with Crippen LogP contribution in [0.25, 0.3) is 5.52 Å². The minimum absolute atomic E-state index is 0.222. The SMILES string of the molecule is COC(=O)[C@H](C)N[P@](=O)(OC[C@H]1O[C@@](C)(c2ccc3c(N)ncnn23)[C@H](O)[C@@H]1O)Oc1ccccc1. The summed E-state index contributed by atoms with van der Waals surface area (Å²) in [7, 11) is -2.98. The van der Waals surface area contributed by atoms with E-state index in [0.717, 1.165) is 0 Å². The van der Waals surface area contributed by atoms with Crippen molar-refractivity contribution in [2.45, 2.75) is 43.8 Å². The van der Waals surface area contributed by atoms with Crippen LogP contribution in [0.1, 0.15) is 19.5 Å². The maximum absolute atomic E-state index is 13.6. The van der Waals surface area contributed by atoms with E-state index in [1.54, 1.807) is 49.4 Å². The van der Waals surface area contributed by atoms with E-state index in [4.69, 9.17) is 19.5 Å². The van der Waals surface area contributed by atoms with Crippen LogP contribution in [0.3, 0.4) is 0 Å². The molecule has 1 fully saturated rings. The smallest absolute Gasteiger partial charge is 0.459 e. The molecule has 0 radical (unpaired) electrons. The molecule has 3 aromatic rings. The Hall–Kier alpha value is -3.06. The summed E-state index contributed by atoms with van der Waals surface area (Å²) >= 11 is 0. The van der Waals surface area contributed by atoms with Gasteiger partial charge in [-0.25, -0.2) is 14.1 Å². The van der Waals surface area contributed by atoms with Crippen molar-refractivity contribution in [3.63, 3.8) is 0 Å². The number of hydrogen-bond donors (Lipinski definition) is 4. The fraction of sp³-hybridized carbons (Fsp3) is 0.409. The van der Waals surface area contributed by atoms with Crippen LogP contribution in [0.5, 0.6) is 5.75 Å². The van der Waals surface area contributed by atoms with Crippen molar-refractivity contribution in [2.75, 3.05) is 19.5 Å². The number of carbonyl (C=O) groups is 1. The Morgan fingerprint density at radius 3 is 2.72 bits per heavy atom. The molecular formula is C22H28N5O8P. The van der Waals surface area contributed by atoms with E-state index in [1.165, 1.54) is 24.9 Å². The highest BCUT2D eigenvalue weighted by Crippen LogP contribution is 2.47. The molecule has 0 bridgehead atoms. The molecule has 1 aromatic carbocycles. The first-order valence-corrected chi connectivity index (χ1v) is 12.6. The Morgan fingerprint density at radius 2 is 2.03 bits per heavy atom. The quantitative estimate of drug-likeness (QED) is 0.232. The summed E-state index contributed by atoms with van der Waals surface area (Å²) in [6.07, 6.45) is -2.66. The van der Waals surface area contributed by atoms with Gasteiger partial charge in [0.15, 0.2) is 5.82 Å². The van der Waals surface area contributed by atoms with Gasteiger partial charge in [-0.2, -0.15) is 10.2 Å². The van der Waals surface area contributed by atoms with E-state index < -0.39 is 50.3 Å². The molecule has 1 aliphatic heterocycles. The van der Waals surface area contributed by atoms with E-state index in [9.17, 15) is 19.6 Å². The molecule has 194 valence electrons. The molecule has 0 spiro atoms. The number of anilines is 1. The molecule has 6 atom stereocenters. The first-order valence-electron chi connectivity index (χ1n) is 11.1. The van der Waals surface area contributed by atoms with Crippen molar-refractivity contribution < 1.29 is 38.1 Å². The average Bonchev–Trinajstić information content (AvgIpc) is 3.40. The van der Waals surface area contributed by atoms with Crippen molar-refractivity contribution in [1.82, 2.24) is 19.7 Å². The normalized spacial score (nSPS) is 26.4. The number of nitrogens with two attached hydrogens (primary N) is 1. The summed E-state index contributed by atoms with van der Waals surface area (Å²) in [5, 5.41) is 28.4. The molecule has 1 aliphatic rings. The Kier molecular flexibility index (Phi) is 7.32. The highest BCUT2D eigenvalue weighted by atomic mass is 31.2. The number of rotatable bonds is 9. The van der Waals surface area contributed by atoms with Crippen LogP contribution in [-0.2, 0) is 29.0 Å². The summed E-state index contributed by atoms with van der Waals surface area (Å²) in [6, 6.07) is 10.5. The second-order valence-electron chi connectivity index (χ2n) is 8.43. The molecule has 0 aliphatic carbocycles. The summed E-state index contributed by atoms with van der Waals surface area (Å²) in [5.74, 6) is -0.227. The zero-order chi connectivity index (χ0) is 26.1. The molecule has 0 amide bonds. The first kappa shape index (κ1) is 26.0. The van der Waals surface area contributed by atoms with Gasteiger partial charge >= 0.3 is 13.7 Å². The Balaban J connectivity index is 1.55. The largest absolute Gasteiger partial charge is 0.468 e. The van der Waals surface area contributed by atoms with E-state index >= 15 is 0 Å². The van der Waals surface area contributed by atoms with Gasteiger partial charge in [0.25, 0.3) is 0 Å². The summed E-state index contributed by atoms with van der Waals surface area (Å²) in [4.78, 5) is 15.8. The predicted octanol–water partition coefficient (Wildman–Crippen LogP) is 1.00. The summed E-state index contributed by atoms with van der Waals surface area (Å²) in [6.45, 7) is 2.57. The molecule has 5 N–H and O–H groups in total. The highest BCUT2D eigenvalue weighted by molar-refractivity contribution is 7.52. The maximum atomic E-state index is 13.6. The van der Waals surface area contributed by atoms with Crippen LogP contribution in [0, 0.1) is 0 Å². The number of nitrogen functional groups attached to an aromatic ring is 1. The second kappa shape index (κ2) is 10.1. The third-order valence-corrected chi connectivity index (χ3v) is 7.58. The van der Waals surface area contributed by atoms with Gasteiger partial charge in [0, 0.05) is 0 Å². The lowest BCUT2D eigenvalue weighted by molar-refractivity contribution is -0.142. The fourth-order valence-electron chi connectivity index (χ4n) is 4.00. The van der Waals surface area contributed by atoms with Crippen LogP contribution < -0.4 is 15.3 Å². The molecule has 13 nitrogen and oxygen atoms in total. The van der Waals surface area contributed by atoms with Crippen molar-refractivity contribution in [3.8, 4) is 5.75 Å². The number of methoxy groups -OCH3 is 1. The average molecular weight is 521 g/mol. The van der Waals surface area contributed by atoms with E-state index in [2.05, 4.69) is 19.9 Å². The fourth-order valence-corrected chi connectivity index (χ4v) is 5.51. The number of esters is 1. The number of benzene rings is 1. The number of hydrogen-bond acceptors (Lipinski definition) is 11. The Bertz CT molecular complexity index is 1270. The number of para-hydroxylation sites is 1. The summed E-state index contributed by atoms with van der Waals surface area (Å²) in [5.41, 5.74) is 5.40. The maximum Gasteiger partial charge on any atom is 0.459 e. The van der Waals surface area contributed by atoms with Crippen LogP contribution in [0.15, 0.2) is 48.8 Å². The van der Waals surface area contributed by atoms with Crippen LogP contribution >= 0.6 is 7.75 Å². The second-order valence-corrected chi connectivity index (χ2v) is 10.1. The molecule has 0 saturated carbocycles. The topological polar surface area (TPSA) is 180 Å². The third-order valence-electron chi connectivity index (χ3n) is 5.94. The molecule has 1 saturated heterocycles. The van der Waals surface area contributed by atoms with E-state index in [-0.39, 0.29) is 11.6 Å². The number of aliphatic hydroxyl groups is 2. The molecule has 4 rings (SSSR count). The van der Waals surface area contributed by atoms with Crippen LogP contribution in [0.4, 0.5) is 5.82 Å². The molecule has 14 heteroatoms. The van der Waals surface area contributed by atoms with Gasteiger partial charge in [0.1, 0.15) is 47.5 Å². The van der Waals surface area contributed by atoms with Crippen molar-refractivity contribution in [1.29, 1.82) is 0 Å². The van der Waals surface area contributed by atoms with Gasteiger partial charge in [0.2, 0.25) is 0 Å². The standard InChI is InChI=1S/C22H28N5O8P/c1-13(21(30)32-3)26-36(31,35-14-7-5-4-6-8-14)33-11-16-18(28)19(29)22(2,34-16)17-10-9-15-20(23)24-12-25-27(15)17/h4-10,12-13,16,18-19,28-29H,11H2,1-3H3,(H,26,31)(H2,23,24,25)/t13-,16+,18+,19+,22-,36-/m0/s1. The molecule has 2 aromatic heterocycles. The number of carbonyl (C=O) groups excluding carboxylic acids is 1. The Labute approximate surface area is 206 Å². The number of nitrogens with one attached hydrogen (secondary N) is 1. The predicted molar refractivity (Wildman–Crippen MR) is 127 cm³/mol. The molecule has 3 heterocycles. The summed E-state index contributed by atoms with van der Waals surface area (Å²) < 4.78 is 36.9. The Morgan fingerprint density at radius 1 is 1.31 bits per heavy atom. The van der Waals surface area contributed by atoms with Crippen LogP contribution in [-0.4, -0.2) is 68.9 Å². The van der Waals surface area contributed by atoms with Gasteiger partial charge in [-0.15, -0.1) is 0 Å². The van der Waals surface area contributed by atoms with Crippen molar-refractivity contribution in [2.24, 2.45) is 0 Å². The highest BCUT2D eigenvalue weighted by Gasteiger charge is 2.54. The molecular weight excluding hydrogens is 493 g/mol. The minimum Gasteiger partial charge on any atom is -0.468 e. The number of nitrogens with zero attached hydrogens (tertiary/aromatic N) is 3. The molecule has 0 unspecified atom stereocenters. The van der Waals surface area contributed by atoms with Gasteiger partial charge in [-0.1, -0.05) is 18.2 Å². The van der Waals surface area contributed by atoms with Crippen molar-refractivity contribution >= 4 is 25.1 Å². The van der Waals surface area contributed by atoms with Gasteiger partial charge in [0.05, 0.1) is 19.4 Å². The number of fused-ring (bicyclic) bond motifs is 1. The lowest BCUT2D eigenvalue weighted by Gasteiger charge is -2.27.